The maximum atomic E-state index is 12.8. The second kappa shape index (κ2) is 9.20. The van der Waals surface area contributed by atoms with Gasteiger partial charge in [-0.25, -0.2) is 8.42 Å². The Hall–Kier alpha value is -3.02. The van der Waals surface area contributed by atoms with E-state index < -0.39 is 27.0 Å². The van der Waals surface area contributed by atoms with Gasteiger partial charge < -0.3 is 14.8 Å². The van der Waals surface area contributed by atoms with Crippen molar-refractivity contribution >= 4 is 27.3 Å². The van der Waals surface area contributed by atoms with Gasteiger partial charge >= 0.3 is 5.69 Å². The number of hydrogen-bond donors (Lipinski definition) is 1. The number of para-hydroxylation sites is 2. The first-order valence-corrected chi connectivity index (χ1v) is 10.6. The molecular formula is C19H21N3O7S. The van der Waals surface area contributed by atoms with Gasteiger partial charge in [-0.05, 0) is 31.2 Å². The largest absolute Gasteiger partial charge is 0.474 e. The minimum atomic E-state index is -3.71. The number of nitro groups is 1. The molecule has 0 bridgehead atoms. The summed E-state index contributed by atoms with van der Waals surface area (Å²) in [5.74, 6) is -0.608. The number of benzene rings is 2. The molecule has 1 atom stereocenters. The highest BCUT2D eigenvalue weighted by Gasteiger charge is 2.27. The fourth-order valence-corrected chi connectivity index (χ4v) is 4.32. The third kappa shape index (κ3) is 4.93. The topological polar surface area (TPSA) is 128 Å². The molecule has 11 heteroatoms. The summed E-state index contributed by atoms with van der Waals surface area (Å²) >= 11 is 0. The summed E-state index contributed by atoms with van der Waals surface area (Å²) in [5.41, 5.74) is 0.0168. The second-order valence-electron chi connectivity index (χ2n) is 6.52. The van der Waals surface area contributed by atoms with Crippen LogP contribution in [0.4, 0.5) is 11.4 Å². The molecule has 10 nitrogen and oxygen atoms in total. The van der Waals surface area contributed by atoms with Crippen LogP contribution >= 0.6 is 0 Å². The van der Waals surface area contributed by atoms with E-state index in [0.717, 1.165) is 0 Å². The van der Waals surface area contributed by atoms with Crippen molar-refractivity contribution in [2.45, 2.75) is 17.9 Å². The number of hydrogen-bond acceptors (Lipinski definition) is 7. The highest BCUT2D eigenvalue weighted by Crippen LogP contribution is 2.27. The SMILES string of the molecule is C[C@@H](Oc1ccccc1[N+](=O)[O-])C(=O)Nc1cccc(S(=O)(=O)N2CCOCC2)c1. The van der Waals surface area contributed by atoms with Crippen molar-refractivity contribution in [2.75, 3.05) is 31.6 Å². The first-order valence-electron chi connectivity index (χ1n) is 9.18. The van der Waals surface area contributed by atoms with Gasteiger partial charge in [-0.1, -0.05) is 18.2 Å². The van der Waals surface area contributed by atoms with Gasteiger partial charge in [0.2, 0.25) is 10.0 Å². The molecule has 1 heterocycles. The summed E-state index contributed by atoms with van der Waals surface area (Å²) in [6, 6.07) is 11.6. The van der Waals surface area contributed by atoms with Gasteiger partial charge in [-0.3, -0.25) is 14.9 Å². The average Bonchev–Trinajstić information content (AvgIpc) is 2.74. The van der Waals surface area contributed by atoms with E-state index in [1.54, 1.807) is 12.1 Å². The number of morpholine rings is 1. The number of nitro benzene ring substituents is 1. The van der Waals surface area contributed by atoms with Gasteiger partial charge in [0.25, 0.3) is 5.91 Å². The highest BCUT2D eigenvalue weighted by molar-refractivity contribution is 7.89. The number of rotatable bonds is 7. The van der Waals surface area contributed by atoms with Crippen LogP contribution in [-0.2, 0) is 19.6 Å². The lowest BCUT2D eigenvalue weighted by molar-refractivity contribution is -0.386. The number of carbonyl (C=O) groups excluding carboxylic acids is 1. The van der Waals surface area contributed by atoms with E-state index in [-0.39, 0.29) is 35.1 Å². The quantitative estimate of drug-likeness (QED) is 0.520. The van der Waals surface area contributed by atoms with Crippen molar-refractivity contribution in [1.29, 1.82) is 0 Å². The normalized spacial score (nSPS) is 15.9. The smallest absolute Gasteiger partial charge is 0.310 e. The number of anilines is 1. The zero-order valence-corrected chi connectivity index (χ0v) is 17.0. The van der Waals surface area contributed by atoms with Gasteiger partial charge in [-0.15, -0.1) is 0 Å². The monoisotopic (exact) mass is 435 g/mol. The molecule has 0 aliphatic carbocycles. The van der Waals surface area contributed by atoms with Crippen LogP contribution in [0, 0.1) is 10.1 Å². The molecule has 1 fully saturated rings. The van der Waals surface area contributed by atoms with Crippen molar-refractivity contribution in [1.82, 2.24) is 4.31 Å². The Labute approximate surface area is 173 Å². The lowest BCUT2D eigenvalue weighted by atomic mass is 10.2. The minimum Gasteiger partial charge on any atom is -0.474 e. The molecule has 2 aromatic rings. The molecule has 3 rings (SSSR count). The second-order valence-corrected chi connectivity index (χ2v) is 8.46. The molecule has 1 saturated heterocycles. The molecule has 1 amide bonds. The summed E-state index contributed by atoms with van der Waals surface area (Å²) < 4.78 is 37.5. The van der Waals surface area contributed by atoms with Crippen molar-refractivity contribution in [3.05, 3.63) is 58.6 Å². The Bertz CT molecular complexity index is 1040. The first-order chi connectivity index (χ1) is 14.3. The Balaban J connectivity index is 1.71. The van der Waals surface area contributed by atoms with E-state index in [9.17, 15) is 23.3 Å². The maximum absolute atomic E-state index is 12.8. The molecule has 0 saturated carbocycles. The van der Waals surface area contributed by atoms with Crippen LogP contribution in [0.15, 0.2) is 53.4 Å². The zero-order valence-electron chi connectivity index (χ0n) is 16.2. The number of amides is 1. The third-order valence-electron chi connectivity index (χ3n) is 4.44. The van der Waals surface area contributed by atoms with Gasteiger partial charge in [-0.2, -0.15) is 4.31 Å². The molecule has 1 aliphatic rings. The molecule has 0 unspecified atom stereocenters. The fourth-order valence-electron chi connectivity index (χ4n) is 2.87. The van der Waals surface area contributed by atoms with Crippen LogP contribution in [0.1, 0.15) is 6.92 Å². The van der Waals surface area contributed by atoms with Crippen molar-refractivity contribution in [3.8, 4) is 5.75 Å². The predicted octanol–water partition coefficient (Wildman–Crippen LogP) is 2.02. The Morgan fingerprint density at radius 2 is 1.90 bits per heavy atom. The van der Waals surface area contributed by atoms with Crippen molar-refractivity contribution < 1.29 is 27.6 Å². The number of ether oxygens (including phenoxy) is 2. The van der Waals surface area contributed by atoms with Gasteiger partial charge in [0.05, 0.1) is 23.0 Å². The molecule has 1 aliphatic heterocycles. The Morgan fingerprint density at radius 3 is 2.60 bits per heavy atom. The first kappa shape index (κ1) is 21.7. The van der Waals surface area contributed by atoms with E-state index in [4.69, 9.17) is 9.47 Å². The summed E-state index contributed by atoms with van der Waals surface area (Å²) in [4.78, 5) is 23.0. The Kier molecular flexibility index (Phi) is 6.65. The van der Waals surface area contributed by atoms with Gasteiger partial charge in [0, 0.05) is 24.8 Å². The van der Waals surface area contributed by atoms with Crippen molar-refractivity contribution in [3.63, 3.8) is 0 Å². The zero-order chi connectivity index (χ0) is 21.7. The lowest BCUT2D eigenvalue weighted by Crippen LogP contribution is -2.40. The fraction of sp³-hybridized carbons (Fsp3) is 0.316. The number of nitrogens with one attached hydrogen (secondary N) is 1. The molecule has 2 aromatic carbocycles. The van der Waals surface area contributed by atoms with Gasteiger partial charge in [0.15, 0.2) is 11.9 Å². The highest BCUT2D eigenvalue weighted by atomic mass is 32.2. The predicted molar refractivity (Wildman–Crippen MR) is 108 cm³/mol. The molecule has 1 N–H and O–H groups in total. The summed E-state index contributed by atoms with van der Waals surface area (Å²) in [6.07, 6.45) is -1.05. The minimum absolute atomic E-state index is 0.0335. The molecule has 30 heavy (non-hydrogen) atoms. The molecule has 160 valence electrons. The third-order valence-corrected chi connectivity index (χ3v) is 6.34. The van der Waals surface area contributed by atoms with E-state index in [0.29, 0.717) is 13.2 Å². The molecule has 0 aromatic heterocycles. The lowest BCUT2D eigenvalue weighted by Gasteiger charge is -2.26. The summed E-state index contributed by atoms with van der Waals surface area (Å²) in [6.45, 7) is 2.63. The van der Waals surface area contributed by atoms with Crippen LogP contribution in [0.3, 0.4) is 0 Å². The average molecular weight is 435 g/mol. The number of sulfonamides is 1. The number of nitrogens with zero attached hydrogens (tertiary/aromatic N) is 2. The van der Waals surface area contributed by atoms with Gasteiger partial charge in [0.1, 0.15) is 0 Å². The molecule has 0 radical (unpaired) electrons. The van der Waals surface area contributed by atoms with E-state index >= 15 is 0 Å². The molecule has 0 spiro atoms. The standard InChI is InChI=1S/C19H21N3O7S/c1-14(29-18-8-3-2-7-17(18)22(24)25)19(23)20-15-5-4-6-16(13-15)30(26,27)21-9-11-28-12-10-21/h2-8,13-14H,9-12H2,1H3,(H,20,23)/t14-/m1/s1. The van der Waals surface area contributed by atoms with E-state index in [1.165, 1.54) is 47.6 Å². The summed E-state index contributed by atoms with van der Waals surface area (Å²) in [5, 5.41) is 13.7. The molecular weight excluding hydrogens is 414 g/mol. The van der Waals surface area contributed by atoms with Crippen LogP contribution < -0.4 is 10.1 Å². The van der Waals surface area contributed by atoms with E-state index in [2.05, 4.69) is 5.32 Å². The van der Waals surface area contributed by atoms with E-state index in [1.807, 2.05) is 0 Å². The van der Waals surface area contributed by atoms with Crippen LogP contribution in [0.5, 0.6) is 5.75 Å². The summed E-state index contributed by atoms with van der Waals surface area (Å²) in [7, 11) is -3.71. The number of carbonyl (C=O) groups is 1. The van der Waals surface area contributed by atoms with Crippen molar-refractivity contribution in [2.24, 2.45) is 0 Å². The van der Waals surface area contributed by atoms with Crippen LogP contribution in [0.2, 0.25) is 0 Å². The Morgan fingerprint density at radius 1 is 1.20 bits per heavy atom. The maximum Gasteiger partial charge on any atom is 0.310 e. The van der Waals surface area contributed by atoms with Crippen LogP contribution in [0.25, 0.3) is 0 Å². The van der Waals surface area contributed by atoms with Crippen LogP contribution in [-0.4, -0.2) is 56.0 Å².